The molecule has 2 heterocycles. The van der Waals surface area contributed by atoms with Gasteiger partial charge in [0.2, 0.25) is 0 Å². The molecule has 0 atom stereocenters. The van der Waals surface area contributed by atoms with Gasteiger partial charge < -0.3 is 15.8 Å². The predicted molar refractivity (Wildman–Crippen MR) is 117 cm³/mol. The van der Waals surface area contributed by atoms with Crippen LogP contribution < -0.4 is 15.8 Å². The number of methoxy groups -OCH3 is 1. The molecule has 174 valence electrons. The van der Waals surface area contributed by atoms with Crippen LogP contribution in [0, 0.1) is 11.6 Å². The number of carbonyl (C=O) groups is 1. The number of amides is 1. The molecule has 1 amide bonds. The number of primary amides is 1. The number of alkyl halides is 2. The molecule has 0 bridgehead atoms. The molecular formula is C23H17F4N5O2. The Morgan fingerprint density at radius 2 is 1.91 bits per heavy atom. The zero-order valence-electron chi connectivity index (χ0n) is 17.7. The van der Waals surface area contributed by atoms with Crippen molar-refractivity contribution in [1.29, 1.82) is 0 Å². The largest absolute Gasteiger partial charge is 0.494 e. The number of aromatic nitrogens is 3. The summed E-state index contributed by atoms with van der Waals surface area (Å²) in [5, 5.41) is 2.60. The van der Waals surface area contributed by atoms with Gasteiger partial charge in [0.05, 0.1) is 13.7 Å². The average Bonchev–Trinajstić information content (AvgIpc) is 2.83. The fraction of sp³-hybridized carbons (Fsp3) is 0.130. The van der Waals surface area contributed by atoms with E-state index in [0.29, 0.717) is 5.56 Å². The van der Waals surface area contributed by atoms with E-state index in [1.54, 1.807) is 12.1 Å². The molecule has 4 aromatic rings. The number of nitrogens with one attached hydrogen (secondary N) is 1. The van der Waals surface area contributed by atoms with Gasteiger partial charge in [0, 0.05) is 28.9 Å². The van der Waals surface area contributed by atoms with Gasteiger partial charge in [-0.05, 0) is 48.0 Å². The van der Waals surface area contributed by atoms with Crippen LogP contribution in [-0.2, 0) is 4.79 Å². The first-order valence-corrected chi connectivity index (χ1v) is 9.87. The van der Waals surface area contributed by atoms with Crippen LogP contribution in [0.2, 0.25) is 0 Å². The monoisotopic (exact) mass is 471 g/mol. The number of halogens is 4. The number of anilines is 1. The predicted octanol–water partition coefficient (Wildman–Crippen LogP) is 4.18. The summed E-state index contributed by atoms with van der Waals surface area (Å²) in [7, 11) is 1.35. The summed E-state index contributed by atoms with van der Waals surface area (Å²) in [5.41, 5.74) is 5.59. The van der Waals surface area contributed by atoms with E-state index in [-0.39, 0.29) is 39.4 Å². The third-order valence-electron chi connectivity index (χ3n) is 4.98. The SMILES string of the molecule is COc1cc(-c2cc(F)ccc2F)cc2c(NCC(F)(F)C(N)=O)nc(-c3cccnc3)nc12. The maximum Gasteiger partial charge on any atom is 0.341 e. The van der Waals surface area contributed by atoms with Gasteiger partial charge in [0.25, 0.3) is 5.91 Å². The fourth-order valence-corrected chi connectivity index (χ4v) is 3.27. The Kier molecular flexibility index (Phi) is 6.01. The standard InChI is InChI=1S/C23H17F4N5O2/c1-34-18-8-13(15-9-14(24)4-5-17(15)25)7-16-19(18)31-20(12-3-2-6-29-10-12)32-21(16)30-11-23(26,27)22(28)33/h2-10H,11H2,1H3,(H2,28,33)(H,30,31,32). The smallest absolute Gasteiger partial charge is 0.341 e. The second-order valence-corrected chi connectivity index (χ2v) is 7.26. The van der Waals surface area contributed by atoms with Crippen molar-refractivity contribution in [2.24, 2.45) is 5.73 Å². The highest BCUT2D eigenvalue weighted by Gasteiger charge is 2.36. The van der Waals surface area contributed by atoms with Crippen LogP contribution in [0.1, 0.15) is 0 Å². The highest BCUT2D eigenvalue weighted by atomic mass is 19.3. The summed E-state index contributed by atoms with van der Waals surface area (Å²) in [6.07, 6.45) is 3.02. The Bertz CT molecular complexity index is 1380. The van der Waals surface area contributed by atoms with Crippen molar-refractivity contribution in [2.75, 3.05) is 19.0 Å². The van der Waals surface area contributed by atoms with Crippen LogP contribution in [0.25, 0.3) is 33.4 Å². The lowest BCUT2D eigenvalue weighted by Crippen LogP contribution is -2.41. The first-order valence-electron chi connectivity index (χ1n) is 9.87. The number of carbonyl (C=O) groups excluding carboxylic acids is 1. The number of pyridine rings is 1. The third-order valence-corrected chi connectivity index (χ3v) is 4.98. The highest BCUT2D eigenvalue weighted by Crippen LogP contribution is 2.37. The summed E-state index contributed by atoms with van der Waals surface area (Å²) in [5.74, 6) is -6.86. The molecule has 3 N–H and O–H groups in total. The highest BCUT2D eigenvalue weighted by molar-refractivity contribution is 5.98. The van der Waals surface area contributed by atoms with Crippen molar-refractivity contribution in [3.63, 3.8) is 0 Å². The van der Waals surface area contributed by atoms with Crippen LogP contribution in [-0.4, -0.2) is 40.4 Å². The van der Waals surface area contributed by atoms with Gasteiger partial charge in [-0.25, -0.2) is 18.7 Å². The summed E-state index contributed by atoms with van der Waals surface area (Å²) in [6.45, 7) is -1.15. The van der Waals surface area contributed by atoms with E-state index in [9.17, 15) is 22.4 Å². The Labute approximate surface area is 190 Å². The molecule has 34 heavy (non-hydrogen) atoms. The molecule has 0 spiro atoms. The number of nitrogens with two attached hydrogens (primary N) is 1. The van der Waals surface area contributed by atoms with Crippen LogP contribution in [0.3, 0.4) is 0 Å². The number of fused-ring (bicyclic) bond motifs is 1. The maximum atomic E-state index is 14.5. The Morgan fingerprint density at radius 1 is 1.12 bits per heavy atom. The number of hydrogen-bond acceptors (Lipinski definition) is 6. The van der Waals surface area contributed by atoms with E-state index in [0.717, 1.165) is 18.2 Å². The minimum atomic E-state index is -3.87. The van der Waals surface area contributed by atoms with Crippen LogP contribution in [0.15, 0.2) is 54.9 Å². The van der Waals surface area contributed by atoms with Gasteiger partial charge in [-0.3, -0.25) is 9.78 Å². The molecule has 0 saturated heterocycles. The normalized spacial score (nSPS) is 11.4. The van der Waals surface area contributed by atoms with Crippen molar-refractivity contribution in [3.05, 3.63) is 66.5 Å². The molecule has 0 unspecified atom stereocenters. The Hall–Kier alpha value is -4.28. The van der Waals surface area contributed by atoms with Gasteiger partial charge in [0.15, 0.2) is 5.82 Å². The number of benzene rings is 2. The Balaban J connectivity index is 1.95. The number of hydrogen-bond donors (Lipinski definition) is 2. The lowest BCUT2D eigenvalue weighted by atomic mass is 10.0. The van der Waals surface area contributed by atoms with E-state index < -0.39 is 30.0 Å². The zero-order valence-corrected chi connectivity index (χ0v) is 17.7. The summed E-state index contributed by atoms with van der Waals surface area (Å²) in [6, 6.07) is 9.10. The minimum Gasteiger partial charge on any atom is -0.494 e. The second-order valence-electron chi connectivity index (χ2n) is 7.26. The molecule has 0 aliphatic carbocycles. The summed E-state index contributed by atoms with van der Waals surface area (Å²) < 4.78 is 61.6. The number of nitrogens with zero attached hydrogens (tertiary/aromatic N) is 3. The van der Waals surface area contributed by atoms with Gasteiger partial charge in [-0.2, -0.15) is 8.78 Å². The van der Waals surface area contributed by atoms with Crippen molar-refractivity contribution >= 4 is 22.6 Å². The quantitative estimate of drug-likeness (QED) is 0.392. The maximum absolute atomic E-state index is 14.5. The van der Waals surface area contributed by atoms with Crippen LogP contribution >= 0.6 is 0 Å². The summed E-state index contributed by atoms with van der Waals surface area (Å²) in [4.78, 5) is 23.9. The molecular weight excluding hydrogens is 454 g/mol. The van der Waals surface area contributed by atoms with Crippen molar-refractivity contribution in [2.45, 2.75) is 5.92 Å². The molecule has 2 aromatic carbocycles. The van der Waals surface area contributed by atoms with Crippen LogP contribution in [0.4, 0.5) is 23.4 Å². The number of ether oxygens (including phenoxy) is 1. The van der Waals surface area contributed by atoms with E-state index in [4.69, 9.17) is 10.5 Å². The minimum absolute atomic E-state index is 0.0787. The number of rotatable bonds is 7. The van der Waals surface area contributed by atoms with E-state index in [2.05, 4.69) is 20.3 Å². The lowest BCUT2D eigenvalue weighted by molar-refractivity contribution is -0.139. The van der Waals surface area contributed by atoms with Gasteiger partial charge >= 0.3 is 5.92 Å². The molecule has 0 fully saturated rings. The van der Waals surface area contributed by atoms with Crippen molar-refractivity contribution in [3.8, 4) is 28.3 Å². The molecule has 11 heteroatoms. The molecule has 2 aromatic heterocycles. The third kappa shape index (κ3) is 4.45. The van der Waals surface area contributed by atoms with E-state index >= 15 is 0 Å². The molecule has 0 aliphatic rings. The second kappa shape index (κ2) is 8.93. The molecule has 0 aliphatic heterocycles. The first-order chi connectivity index (χ1) is 16.2. The molecule has 0 saturated carbocycles. The first kappa shape index (κ1) is 22.9. The van der Waals surface area contributed by atoms with Gasteiger partial charge in [0.1, 0.15) is 28.7 Å². The van der Waals surface area contributed by atoms with E-state index in [1.165, 1.54) is 31.6 Å². The summed E-state index contributed by atoms with van der Waals surface area (Å²) >= 11 is 0. The molecule has 0 radical (unpaired) electrons. The van der Waals surface area contributed by atoms with Crippen molar-refractivity contribution < 1.29 is 27.1 Å². The van der Waals surface area contributed by atoms with E-state index in [1.807, 2.05) is 0 Å². The average molecular weight is 471 g/mol. The topological polar surface area (TPSA) is 103 Å². The lowest BCUT2D eigenvalue weighted by Gasteiger charge is -2.17. The van der Waals surface area contributed by atoms with Gasteiger partial charge in [-0.15, -0.1) is 0 Å². The molecule has 4 rings (SSSR count). The van der Waals surface area contributed by atoms with Gasteiger partial charge in [-0.1, -0.05) is 0 Å². The fourth-order valence-electron chi connectivity index (χ4n) is 3.27. The Morgan fingerprint density at radius 3 is 2.59 bits per heavy atom. The van der Waals surface area contributed by atoms with Crippen LogP contribution in [0.5, 0.6) is 5.75 Å². The zero-order chi connectivity index (χ0) is 24.5. The van der Waals surface area contributed by atoms with Crippen molar-refractivity contribution in [1.82, 2.24) is 15.0 Å². The molecule has 7 nitrogen and oxygen atoms in total.